The molecule has 40 heavy (non-hydrogen) atoms. The van der Waals surface area contributed by atoms with E-state index in [1.807, 2.05) is 27.7 Å². The Labute approximate surface area is 237 Å². The van der Waals surface area contributed by atoms with Crippen LogP contribution in [0.1, 0.15) is 88.0 Å². The minimum absolute atomic E-state index is 0.0284. The fourth-order valence-corrected chi connectivity index (χ4v) is 9.40. The van der Waals surface area contributed by atoms with Gasteiger partial charge in [0.05, 0.1) is 6.10 Å². The monoisotopic (exact) mass is 558 g/mol. The standard InChI is InChI=1S/C32H46O8/c1-17(33)40-27(2,3)13-12-23(36)32(9,39)25-21(35)15-29(6)22-11-10-18-19(14-20(34)26(38)28(18,4)5)31(22,8)24(37)16-30(25,29)7/h10,12-13,19-22,25,34-35,39H,11,14-16H2,1-9H3/b13-12+/t19-,20-,21+,22+,25+,29+,30+,31+,32+/m0/s1. The molecule has 8 nitrogen and oxygen atoms in total. The average Bonchev–Trinajstić information content (AvgIpc) is 3.01. The van der Waals surface area contributed by atoms with E-state index in [1.165, 1.54) is 26.0 Å². The highest BCUT2D eigenvalue weighted by atomic mass is 16.6. The van der Waals surface area contributed by atoms with Gasteiger partial charge in [0.1, 0.15) is 23.1 Å². The fourth-order valence-electron chi connectivity index (χ4n) is 9.40. The number of carbonyl (C=O) groups excluding carboxylic acids is 4. The number of fused-ring (bicyclic) bond motifs is 5. The second-order valence-corrected chi connectivity index (χ2v) is 14.8. The molecule has 4 aliphatic rings. The maximum atomic E-state index is 14.3. The Bertz CT molecular complexity index is 1210. The first-order valence-electron chi connectivity index (χ1n) is 14.4. The number of hydrogen-bond donors (Lipinski definition) is 3. The number of ether oxygens (including phenoxy) is 1. The zero-order valence-electron chi connectivity index (χ0n) is 25.3. The van der Waals surface area contributed by atoms with Crippen molar-refractivity contribution in [3.63, 3.8) is 0 Å². The van der Waals surface area contributed by atoms with Gasteiger partial charge in [-0.3, -0.25) is 19.2 Å². The quantitative estimate of drug-likeness (QED) is 0.265. The Balaban J connectivity index is 1.75. The lowest BCUT2D eigenvalue weighted by atomic mass is 9.38. The summed E-state index contributed by atoms with van der Waals surface area (Å²) >= 11 is 0. The summed E-state index contributed by atoms with van der Waals surface area (Å²) in [5.74, 6) is -2.85. The third-order valence-electron chi connectivity index (χ3n) is 11.5. The van der Waals surface area contributed by atoms with Crippen molar-refractivity contribution in [2.45, 2.75) is 111 Å². The number of aliphatic hydroxyl groups is 3. The highest BCUT2D eigenvalue weighted by molar-refractivity contribution is 5.98. The predicted octanol–water partition coefficient (Wildman–Crippen LogP) is 3.50. The zero-order valence-corrected chi connectivity index (χ0v) is 25.3. The van der Waals surface area contributed by atoms with Crippen LogP contribution in [-0.4, -0.2) is 62.0 Å². The molecular formula is C32H46O8. The summed E-state index contributed by atoms with van der Waals surface area (Å²) in [6.45, 7) is 15.4. The van der Waals surface area contributed by atoms with Crippen LogP contribution in [0.2, 0.25) is 0 Å². The minimum Gasteiger partial charge on any atom is -0.456 e. The van der Waals surface area contributed by atoms with E-state index in [-0.39, 0.29) is 36.2 Å². The summed E-state index contributed by atoms with van der Waals surface area (Å²) < 4.78 is 5.23. The van der Waals surface area contributed by atoms with Gasteiger partial charge in [0.15, 0.2) is 11.6 Å². The summed E-state index contributed by atoms with van der Waals surface area (Å²) in [5, 5.41) is 34.0. The van der Waals surface area contributed by atoms with E-state index < -0.39 is 62.7 Å². The van der Waals surface area contributed by atoms with E-state index in [0.29, 0.717) is 12.8 Å². The molecule has 0 radical (unpaired) electrons. The normalized spacial score (nSPS) is 42.4. The van der Waals surface area contributed by atoms with Crippen LogP contribution in [0.4, 0.5) is 0 Å². The van der Waals surface area contributed by atoms with Gasteiger partial charge < -0.3 is 20.1 Å². The van der Waals surface area contributed by atoms with E-state index >= 15 is 0 Å². The lowest BCUT2D eigenvalue weighted by molar-refractivity contribution is -0.183. The summed E-state index contributed by atoms with van der Waals surface area (Å²) in [7, 11) is 0. The molecule has 3 N–H and O–H groups in total. The number of Topliss-reactive ketones (excluding diaryl/α,β-unsaturated/α-hetero) is 2. The highest BCUT2D eigenvalue weighted by Gasteiger charge is 2.74. The van der Waals surface area contributed by atoms with E-state index in [4.69, 9.17) is 4.74 Å². The van der Waals surface area contributed by atoms with Crippen LogP contribution in [0.5, 0.6) is 0 Å². The fraction of sp³-hybridized carbons (Fsp3) is 0.750. The van der Waals surface area contributed by atoms with E-state index in [0.717, 1.165) is 5.57 Å². The van der Waals surface area contributed by atoms with Crippen molar-refractivity contribution < 1.29 is 39.2 Å². The molecule has 9 atom stereocenters. The van der Waals surface area contributed by atoms with Crippen molar-refractivity contribution in [3.05, 3.63) is 23.8 Å². The largest absolute Gasteiger partial charge is 0.456 e. The molecule has 0 bridgehead atoms. The van der Waals surface area contributed by atoms with Crippen molar-refractivity contribution in [3.8, 4) is 0 Å². The van der Waals surface area contributed by atoms with Gasteiger partial charge in [0.25, 0.3) is 0 Å². The maximum absolute atomic E-state index is 14.3. The molecule has 0 amide bonds. The number of allylic oxidation sites excluding steroid dienone is 2. The van der Waals surface area contributed by atoms with Crippen LogP contribution in [0, 0.1) is 39.4 Å². The van der Waals surface area contributed by atoms with E-state index in [9.17, 15) is 34.5 Å². The van der Waals surface area contributed by atoms with Gasteiger partial charge >= 0.3 is 5.97 Å². The Morgan fingerprint density at radius 3 is 2.23 bits per heavy atom. The van der Waals surface area contributed by atoms with Crippen molar-refractivity contribution >= 4 is 23.3 Å². The van der Waals surface area contributed by atoms with Gasteiger partial charge in [-0.2, -0.15) is 0 Å². The first kappa shape index (κ1) is 30.8. The SMILES string of the molecule is CC(=O)OC(C)(C)/C=C/C(=O)[C@@](C)(O)[C@@H]1[C@H](O)C[C@]2(C)[C@H]3CC=C4[C@H](C[C@H](O)C(=O)C4(C)C)[C@@]3(C)C(=O)C[C@]12C. The smallest absolute Gasteiger partial charge is 0.303 e. The first-order chi connectivity index (χ1) is 18.1. The Hall–Kier alpha value is -2.16. The number of esters is 1. The summed E-state index contributed by atoms with van der Waals surface area (Å²) in [6.07, 6.45) is 3.55. The molecule has 0 saturated heterocycles. The predicted molar refractivity (Wildman–Crippen MR) is 148 cm³/mol. The van der Waals surface area contributed by atoms with Crippen LogP contribution in [0.15, 0.2) is 23.8 Å². The van der Waals surface area contributed by atoms with Crippen molar-refractivity contribution in [1.82, 2.24) is 0 Å². The maximum Gasteiger partial charge on any atom is 0.303 e. The Kier molecular flexibility index (Phi) is 7.06. The lowest BCUT2D eigenvalue weighted by Gasteiger charge is -2.64. The summed E-state index contributed by atoms with van der Waals surface area (Å²) in [4.78, 5) is 52.1. The van der Waals surface area contributed by atoms with Gasteiger partial charge in [-0.15, -0.1) is 0 Å². The molecule has 0 heterocycles. The zero-order chi connectivity index (χ0) is 30.4. The second kappa shape index (κ2) is 9.17. The topological polar surface area (TPSA) is 138 Å². The van der Waals surface area contributed by atoms with E-state index in [2.05, 4.69) is 13.0 Å². The third-order valence-corrected chi connectivity index (χ3v) is 11.5. The molecule has 0 spiro atoms. The van der Waals surface area contributed by atoms with Crippen molar-refractivity contribution in [2.24, 2.45) is 39.4 Å². The summed E-state index contributed by atoms with van der Waals surface area (Å²) in [5.41, 5.74) is -5.43. The van der Waals surface area contributed by atoms with Crippen molar-refractivity contribution in [2.75, 3.05) is 0 Å². The first-order valence-corrected chi connectivity index (χ1v) is 14.4. The Morgan fingerprint density at radius 1 is 1.05 bits per heavy atom. The average molecular weight is 559 g/mol. The van der Waals surface area contributed by atoms with Crippen LogP contribution >= 0.6 is 0 Å². The molecule has 8 heteroatoms. The lowest BCUT2D eigenvalue weighted by Crippen LogP contribution is -2.65. The van der Waals surface area contributed by atoms with Crippen LogP contribution < -0.4 is 0 Å². The molecule has 0 aliphatic heterocycles. The molecular weight excluding hydrogens is 512 g/mol. The second-order valence-electron chi connectivity index (χ2n) is 14.8. The number of hydrogen-bond acceptors (Lipinski definition) is 8. The van der Waals surface area contributed by atoms with Crippen molar-refractivity contribution in [1.29, 1.82) is 0 Å². The number of ketones is 3. The van der Waals surface area contributed by atoms with Crippen LogP contribution in [0.25, 0.3) is 0 Å². The minimum atomic E-state index is -1.99. The van der Waals surface area contributed by atoms with Gasteiger partial charge in [-0.1, -0.05) is 32.4 Å². The molecule has 0 aromatic heterocycles. The third kappa shape index (κ3) is 4.11. The van der Waals surface area contributed by atoms with Crippen LogP contribution in [-0.2, 0) is 23.9 Å². The number of aliphatic hydroxyl groups excluding tert-OH is 2. The molecule has 222 valence electrons. The number of rotatable bonds is 5. The molecule has 0 aromatic carbocycles. The van der Waals surface area contributed by atoms with Gasteiger partial charge in [-0.25, -0.2) is 0 Å². The number of carbonyl (C=O) groups is 4. The molecule has 4 rings (SSSR count). The molecule has 0 aromatic rings. The molecule has 4 aliphatic carbocycles. The highest BCUT2D eigenvalue weighted by Crippen LogP contribution is 2.74. The summed E-state index contributed by atoms with van der Waals surface area (Å²) in [6, 6.07) is 0. The van der Waals surface area contributed by atoms with Gasteiger partial charge in [-0.05, 0) is 88.7 Å². The molecule has 0 unspecified atom stereocenters. The van der Waals surface area contributed by atoms with Gasteiger partial charge in [0, 0.05) is 30.1 Å². The van der Waals surface area contributed by atoms with Crippen LogP contribution in [0.3, 0.4) is 0 Å². The van der Waals surface area contributed by atoms with E-state index in [1.54, 1.807) is 13.8 Å². The molecule has 3 fully saturated rings. The molecule has 3 saturated carbocycles. The van der Waals surface area contributed by atoms with Gasteiger partial charge in [0.2, 0.25) is 0 Å². The Morgan fingerprint density at radius 2 is 1.65 bits per heavy atom.